The lowest BCUT2D eigenvalue weighted by molar-refractivity contribution is -0.697. The summed E-state index contributed by atoms with van der Waals surface area (Å²) in [6.07, 6.45) is 39.1. The van der Waals surface area contributed by atoms with E-state index in [4.69, 9.17) is 9.97 Å². The topological polar surface area (TPSA) is 72.9 Å². The first-order chi connectivity index (χ1) is 30.9. The normalized spacial score (nSPS) is 12.1. The minimum Gasteiger partial charge on any atom is -0.354 e. The van der Waals surface area contributed by atoms with Crippen LogP contribution in [0.3, 0.4) is 0 Å². The van der Waals surface area contributed by atoms with Crippen LogP contribution < -0.4 is 18.3 Å². The Balaban J connectivity index is 1.21. The van der Waals surface area contributed by atoms with Crippen molar-refractivity contribution in [2.45, 2.75) is 77.7 Å². The Labute approximate surface area is 371 Å². The zero-order valence-electron chi connectivity index (χ0n) is 37.3. The molecule has 0 saturated heterocycles. The summed E-state index contributed by atoms with van der Waals surface area (Å²) in [7, 11) is 6.15. The van der Waals surface area contributed by atoms with E-state index in [1.54, 1.807) is 0 Å². The highest BCUT2D eigenvalue weighted by molar-refractivity contribution is 5.99. The minimum atomic E-state index is 0.898. The van der Waals surface area contributed by atoms with Crippen LogP contribution in [0.15, 0.2) is 122 Å². The number of hydrogen-bond acceptors (Lipinski definition) is 2. The fourth-order valence-corrected chi connectivity index (χ4v) is 8.98. The third kappa shape index (κ3) is 9.36. The average molecular weight is 833 g/mol. The van der Waals surface area contributed by atoms with Gasteiger partial charge in [0.15, 0.2) is 49.6 Å². The first-order valence-electron chi connectivity index (χ1n) is 22.9. The number of H-pyrrole nitrogens is 2. The summed E-state index contributed by atoms with van der Waals surface area (Å²) >= 11 is 0. The Morgan fingerprint density at radius 2 is 0.651 bits per heavy atom. The molecule has 0 radical (unpaired) electrons. The summed E-state index contributed by atoms with van der Waals surface area (Å²) in [5.74, 6) is 0. The van der Waals surface area contributed by atoms with Crippen molar-refractivity contribution < 1.29 is 18.3 Å². The van der Waals surface area contributed by atoms with E-state index < -0.39 is 0 Å². The molecular weight excluding hydrogens is 773 g/mol. The lowest BCUT2D eigenvalue weighted by Crippen LogP contribution is -2.32. The molecule has 2 aliphatic heterocycles. The SMILES string of the molecule is CCCCCCCCCCCC[n+]1ccc(-c2c3nc(c(-c4cc[n+](C)cc4)c4ccc([nH]4)c(-c4cc[n+](C)cc4)c4nc(c(-c5cc[n+](C)cc5)c5ccc2[nH]5)C=C4)C=C3)cc1. The van der Waals surface area contributed by atoms with E-state index in [0.29, 0.717) is 0 Å². The van der Waals surface area contributed by atoms with Gasteiger partial charge < -0.3 is 9.97 Å². The molecule has 0 aliphatic carbocycles. The number of nitrogens with zero attached hydrogens (tertiary/aromatic N) is 6. The average Bonchev–Trinajstić information content (AvgIpc) is 4.15. The molecule has 9 heterocycles. The summed E-state index contributed by atoms with van der Waals surface area (Å²) < 4.78 is 8.53. The highest BCUT2D eigenvalue weighted by atomic mass is 14.9. The maximum absolute atomic E-state index is 5.50. The summed E-state index contributed by atoms with van der Waals surface area (Å²) in [4.78, 5) is 18.7. The molecule has 8 bridgehead atoms. The molecule has 7 aromatic heterocycles. The second kappa shape index (κ2) is 19.1. The summed E-state index contributed by atoms with van der Waals surface area (Å²) in [5, 5.41) is 0. The van der Waals surface area contributed by atoms with Crippen LogP contribution >= 0.6 is 0 Å². The van der Waals surface area contributed by atoms with Crippen LogP contribution in [-0.4, -0.2) is 19.9 Å². The van der Waals surface area contributed by atoms with Crippen LogP contribution in [-0.2, 0) is 27.7 Å². The van der Waals surface area contributed by atoms with Crippen molar-refractivity contribution in [3.63, 3.8) is 0 Å². The van der Waals surface area contributed by atoms with Gasteiger partial charge >= 0.3 is 0 Å². The number of hydrogen-bond donors (Lipinski definition) is 2. The van der Waals surface area contributed by atoms with Crippen LogP contribution in [0.1, 0.15) is 93.9 Å². The molecule has 0 amide bonds. The molecule has 0 atom stereocenters. The third-order valence-electron chi connectivity index (χ3n) is 12.5. The molecule has 0 fully saturated rings. The number of rotatable bonds is 15. The molecule has 0 aromatic carbocycles. The Bertz CT molecular complexity index is 2890. The third-order valence-corrected chi connectivity index (χ3v) is 12.5. The molecule has 9 rings (SSSR count). The lowest BCUT2D eigenvalue weighted by atomic mass is 10.0. The van der Waals surface area contributed by atoms with Crippen molar-refractivity contribution in [1.29, 1.82) is 0 Å². The van der Waals surface area contributed by atoms with Gasteiger partial charge in [-0.3, -0.25) is 0 Å². The Hall–Kier alpha value is -6.80. The zero-order valence-corrected chi connectivity index (χ0v) is 37.3. The van der Waals surface area contributed by atoms with E-state index in [-0.39, 0.29) is 0 Å². The highest BCUT2D eigenvalue weighted by Gasteiger charge is 2.20. The molecule has 2 aliphatic rings. The van der Waals surface area contributed by atoms with Gasteiger partial charge in [-0.25, -0.2) is 28.2 Å². The fraction of sp³-hybridized carbons (Fsp3) is 0.273. The predicted octanol–water partition coefficient (Wildman–Crippen LogP) is 11.0. The monoisotopic (exact) mass is 832 g/mol. The van der Waals surface area contributed by atoms with E-state index in [1.165, 1.54) is 64.2 Å². The number of fused-ring (bicyclic) bond motifs is 8. The molecule has 8 nitrogen and oxygen atoms in total. The van der Waals surface area contributed by atoms with Crippen molar-refractivity contribution in [2.75, 3.05) is 0 Å². The first-order valence-corrected chi connectivity index (χ1v) is 22.9. The molecule has 0 saturated carbocycles. The number of nitrogens with one attached hydrogen (secondary N) is 2. The lowest BCUT2D eigenvalue weighted by Gasteiger charge is -2.06. The maximum atomic E-state index is 5.50. The van der Waals surface area contributed by atoms with E-state index in [9.17, 15) is 0 Å². The van der Waals surface area contributed by atoms with Crippen LogP contribution in [0, 0.1) is 0 Å². The molecule has 0 spiro atoms. The summed E-state index contributed by atoms with van der Waals surface area (Å²) in [6, 6.07) is 26.3. The molecule has 63 heavy (non-hydrogen) atoms. The Morgan fingerprint density at radius 1 is 0.365 bits per heavy atom. The summed E-state index contributed by atoms with van der Waals surface area (Å²) in [6.45, 7) is 3.31. The van der Waals surface area contributed by atoms with Crippen molar-refractivity contribution in [1.82, 2.24) is 19.9 Å². The smallest absolute Gasteiger partial charge is 0.169 e. The maximum Gasteiger partial charge on any atom is 0.169 e. The largest absolute Gasteiger partial charge is 0.354 e. The minimum absolute atomic E-state index is 0.898. The molecule has 8 heteroatoms. The van der Waals surface area contributed by atoms with Gasteiger partial charge in [0.05, 0.1) is 22.8 Å². The number of unbranched alkanes of at least 4 members (excludes halogenated alkanes) is 9. The fourth-order valence-electron chi connectivity index (χ4n) is 8.98. The molecular formula is C55H60N8+4. The van der Waals surface area contributed by atoms with Gasteiger partial charge in [-0.1, -0.05) is 58.3 Å². The second-order valence-corrected chi connectivity index (χ2v) is 17.3. The van der Waals surface area contributed by atoms with Gasteiger partial charge in [0.2, 0.25) is 0 Å². The molecule has 2 N–H and O–H groups in total. The Kier molecular flexibility index (Phi) is 12.6. The summed E-state index contributed by atoms with van der Waals surface area (Å²) in [5.41, 5.74) is 16.1. The van der Waals surface area contributed by atoms with Crippen LogP contribution in [0.5, 0.6) is 0 Å². The first kappa shape index (κ1) is 41.5. The van der Waals surface area contributed by atoms with Crippen molar-refractivity contribution >= 4 is 46.4 Å². The van der Waals surface area contributed by atoms with Gasteiger partial charge in [0.1, 0.15) is 27.7 Å². The van der Waals surface area contributed by atoms with Gasteiger partial charge in [-0.05, 0) is 77.2 Å². The van der Waals surface area contributed by atoms with Crippen molar-refractivity contribution in [2.24, 2.45) is 21.1 Å². The number of aryl methyl sites for hydroxylation is 4. The van der Waals surface area contributed by atoms with Crippen molar-refractivity contribution in [3.05, 3.63) is 145 Å². The standard InChI is InChI=1S/C55H59N8/c1-5-6-7-8-9-10-11-12-13-14-31-63-38-29-43(30-39-63)55-50-21-19-48(58-50)53(41-25-34-61(3)35-26-41)46-17-15-44(56-46)52(40-23-32-60(2)33-24-40)45-16-18-47(57-45)54(49-20-22-51(55)59-49)42-27-36-62(4)37-28-42/h15-30,32-39H,5-14,31H2,1-4H3,(H,56,57,58,59)/q+3/p+1. The van der Waals surface area contributed by atoms with Gasteiger partial charge in [0.25, 0.3) is 0 Å². The quantitative estimate of drug-likeness (QED) is 0.0798. The number of aromatic nitrogens is 8. The molecule has 7 aromatic rings. The highest BCUT2D eigenvalue weighted by Crippen LogP contribution is 2.38. The number of aromatic amines is 2. The van der Waals surface area contributed by atoms with Crippen LogP contribution in [0.2, 0.25) is 0 Å². The van der Waals surface area contributed by atoms with Crippen molar-refractivity contribution in [3.8, 4) is 44.5 Å². The molecule has 0 unspecified atom stereocenters. The zero-order chi connectivity index (χ0) is 43.1. The van der Waals surface area contributed by atoms with E-state index in [2.05, 4.69) is 196 Å². The molecule has 316 valence electrons. The van der Waals surface area contributed by atoms with E-state index >= 15 is 0 Å². The predicted molar refractivity (Wildman–Crippen MR) is 256 cm³/mol. The Morgan fingerprint density at radius 3 is 0.968 bits per heavy atom. The van der Waals surface area contributed by atoms with Crippen LogP contribution in [0.25, 0.3) is 90.9 Å². The van der Waals surface area contributed by atoms with Gasteiger partial charge in [-0.15, -0.1) is 0 Å². The van der Waals surface area contributed by atoms with Crippen LogP contribution in [0.4, 0.5) is 0 Å². The van der Waals surface area contributed by atoms with Gasteiger partial charge in [-0.2, -0.15) is 0 Å². The van der Waals surface area contributed by atoms with E-state index in [0.717, 1.165) is 95.9 Å². The van der Waals surface area contributed by atoms with E-state index in [1.807, 2.05) is 7.05 Å². The number of pyridine rings is 4. The second-order valence-electron chi connectivity index (χ2n) is 17.3. The van der Waals surface area contributed by atoms with Gasteiger partial charge in [0, 0.05) is 99.3 Å².